The van der Waals surface area contributed by atoms with Gasteiger partial charge in [0.15, 0.2) is 0 Å². The summed E-state index contributed by atoms with van der Waals surface area (Å²) in [6.07, 6.45) is 4.53. The zero-order valence-electron chi connectivity index (χ0n) is 16.7. The van der Waals surface area contributed by atoms with Crippen LogP contribution in [0.1, 0.15) is 12.8 Å². The number of aromatic nitrogens is 2. The van der Waals surface area contributed by atoms with E-state index in [0.717, 1.165) is 22.6 Å². The van der Waals surface area contributed by atoms with Gasteiger partial charge in [0.25, 0.3) is 11.8 Å². The first-order chi connectivity index (χ1) is 14.5. The maximum absolute atomic E-state index is 12.5. The van der Waals surface area contributed by atoms with Gasteiger partial charge in [-0.25, -0.2) is 4.98 Å². The highest BCUT2D eigenvalue weighted by molar-refractivity contribution is 6.19. The molecule has 2 aliphatic heterocycles. The number of ether oxygens (including phenoxy) is 1. The molecule has 0 fully saturated rings. The third kappa shape index (κ3) is 3.61. The summed E-state index contributed by atoms with van der Waals surface area (Å²) in [6.45, 7) is 0.532. The molecule has 1 N–H and O–H groups in total. The molecule has 0 atom stereocenters. The van der Waals surface area contributed by atoms with Crippen molar-refractivity contribution in [1.82, 2.24) is 19.8 Å². The van der Waals surface area contributed by atoms with Crippen LogP contribution >= 0.6 is 0 Å². The van der Waals surface area contributed by atoms with E-state index in [1.54, 1.807) is 30.5 Å². The second-order valence-electron chi connectivity index (χ2n) is 7.09. The predicted octanol–water partition coefficient (Wildman–Crippen LogP) is 1.44. The molecule has 3 amide bonds. The predicted molar refractivity (Wildman–Crippen MR) is 108 cm³/mol. The van der Waals surface area contributed by atoms with Crippen LogP contribution < -0.4 is 10.1 Å². The molecule has 0 radical (unpaired) electrons. The van der Waals surface area contributed by atoms with Crippen molar-refractivity contribution in [2.75, 3.05) is 32.6 Å². The summed E-state index contributed by atoms with van der Waals surface area (Å²) in [7, 11) is 3.04. The summed E-state index contributed by atoms with van der Waals surface area (Å²) in [5.74, 6) is 0.137. The fourth-order valence-corrected chi connectivity index (χ4v) is 3.60. The van der Waals surface area contributed by atoms with E-state index in [1.807, 2.05) is 18.2 Å². The van der Waals surface area contributed by atoms with Gasteiger partial charge in [0, 0.05) is 30.9 Å². The van der Waals surface area contributed by atoms with Gasteiger partial charge in [-0.2, -0.15) is 0 Å². The second kappa shape index (κ2) is 7.94. The molecule has 0 bridgehead atoms. The molecule has 9 nitrogen and oxygen atoms in total. The van der Waals surface area contributed by atoms with Crippen molar-refractivity contribution in [3.05, 3.63) is 47.9 Å². The van der Waals surface area contributed by atoms with Gasteiger partial charge in [0.2, 0.25) is 5.91 Å². The van der Waals surface area contributed by atoms with Gasteiger partial charge in [-0.05, 0) is 37.1 Å². The zero-order chi connectivity index (χ0) is 21.3. The molecule has 2 aromatic rings. The molecule has 9 heteroatoms. The number of carbonyl (C=O) groups is 3. The van der Waals surface area contributed by atoms with Gasteiger partial charge in [-0.15, -0.1) is 0 Å². The number of nitrogens with one attached hydrogen (secondary N) is 1. The Balaban J connectivity index is 1.42. The van der Waals surface area contributed by atoms with Crippen LogP contribution in [0.5, 0.6) is 5.75 Å². The standard InChI is InChI=1S/C21H21N5O4/c1-25-20(28)15-4-3-9-26(19(15)21(25)29)12-18(27)24-17-8-5-13(10-23-17)16-7-6-14(30-2)11-22-16/h5-8,10-11H,3-4,9,12H2,1-2H3,(H,23,24,27). The van der Waals surface area contributed by atoms with E-state index in [9.17, 15) is 14.4 Å². The van der Waals surface area contributed by atoms with Gasteiger partial charge < -0.3 is 15.0 Å². The molecule has 0 saturated heterocycles. The Morgan fingerprint density at radius 3 is 2.63 bits per heavy atom. The van der Waals surface area contributed by atoms with Gasteiger partial charge in [0.1, 0.15) is 17.3 Å². The number of rotatable bonds is 5. The monoisotopic (exact) mass is 407 g/mol. The fraction of sp³-hybridized carbons (Fsp3) is 0.286. The highest BCUT2D eigenvalue weighted by Gasteiger charge is 2.40. The first-order valence-electron chi connectivity index (χ1n) is 9.54. The number of carbonyl (C=O) groups excluding carboxylic acids is 3. The number of amides is 3. The average Bonchev–Trinajstić information content (AvgIpc) is 2.99. The Morgan fingerprint density at radius 2 is 1.97 bits per heavy atom. The highest BCUT2D eigenvalue weighted by Crippen LogP contribution is 2.30. The number of hydrogen-bond donors (Lipinski definition) is 1. The van der Waals surface area contributed by atoms with E-state index < -0.39 is 0 Å². The van der Waals surface area contributed by atoms with Crippen molar-refractivity contribution < 1.29 is 19.1 Å². The van der Waals surface area contributed by atoms with E-state index >= 15 is 0 Å². The SMILES string of the molecule is COc1ccc(-c2ccc(NC(=O)CN3CCCC4=C3C(=O)N(C)C4=O)nc2)nc1. The number of nitrogens with zero attached hydrogens (tertiary/aromatic N) is 4. The molecule has 2 aromatic heterocycles. The quantitative estimate of drug-likeness (QED) is 0.748. The lowest BCUT2D eigenvalue weighted by atomic mass is 10.0. The lowest BCUT2D eigenvalue weighted by Crippen LogP contribution is -2.38. The zero-order valence-corrected chi connectivity index (χ0v) is 16.7. The summed E-state index contributed by atoms with van der Waals surface area (Å²) in [6, 6.07) is 7.14. The van der Waals surface area contributed by atoms with E-state index in [0.29, 0.717) is 35.8 Å². The third-order valence-corrected chi connectivity index (χ3v) is 5.16. The summed E-state index contributed by atoms with van der Waals surface area (Å²) >= 11 is 0. The van der Waals surface area contributed by atoms with Crippen LogP contribution in [0.2, 0.25) is 0 Å². The maximum Gasteiger partial charge on any atom is 0.277 e. The van der Waals surface area contributed by atoms with E-state index in [2.05, 4.69) is 15.3 Å². The van der Waals surface area contributed by atoms with Crippen LogP contribution in [-0.2, 0) is 14.4 Å². The molecule has 0 spiro atoms. The maximum atomic E-state index is 12.5. The molecule has 154 valence electrons. The first kappa shape index (κ1) is 19.6. The molecule has 0 aromatic carbocycles. The smallest absolute Gasteiger partial charge is 0.277 e. The van der Waals surface area contributed by atoms with Crippen molar-refractivity contribution in [1.29, 1.82) is 0 Å². The van der Waals surface area contributed by atoms with Crippen molar-refractivity contribution in [3.8, 4) is 17.0 Å². The van der Waals surface area contributed by atoms with Gasteiger partial charge in [-0.3, -0.25) is 24.3 Å². The lowest BCUT2D eigenvalue weighted by molar-refractivity contribution is -0.136. The fourth-order valence-electron chi connectivity index (χ4n) is 3.60. The average molecular weight is 407 g/mol. The minimum absolute atomic E-state index is 0.0187. The Labute approximate surface area is 173 Å². The van der Waals surface area contributed by atoms with Crippen molar-refractivity contribution in [2.45, 2.75) is 12.8 Å². The highest BCUT2D eigenvalue weighted by atomic mass is 16.5. The topological polar surface area (TPSA) is 105 Å². The van der Waals surface area contributed by atoms with Gasteiger partial charge >= 0.3 is 0 Å². The number of methoxy groups -OCH3 is 1. The largest absolute Gasteiger partial charge is 0.495 e. The lowest BCUT2D eigenvalue weighted by Gasteiger charge is -2.28. The van der Waals surface area contributed by atoms with Crippen molar-refractivity contribution in [3.63, 3.8) is 0 Å². The minimum atomic E-state index is -0.350. The third-order valence-electron chi connectivity index (χ3n) is 5.16. The van der Waals surface area contributed by atoms with Crippen LogP contribution in [0.3, 0.4) is 0 Å². The van der Waals surface area contributed by atoms with Crippen LogP contribution in [0.15, 0.2) is 47.9 Å². The van der Waals surface area contributed by atoms with Crippen LogP contribution in [0.4, 0.5) is 5.82 Å². The Kier molecular flexibility index (Phi) is 5.18. The summed E-state index contributed by atoms with van der Waals surface area (Å²) in [4.78, 5) is 48.4. The van der Waals surface area contributed by atoms with Crippen molar-refractivity contribution >= 4 is 23.5 Å². The molecule has 4 rings (SSSR count). The van der Waals surface area contributed by atoms with Crippen molar-refractivity contribution in [2.24, 2.45) is 0 Å². The van der Waals surface area contributed by atoms with Gasteiger partial charge in [-0.1, -0.05) is 0 Å². The molecular formula is C21H21N5O4. The van der Waals surface area contributed by atoms with Crippen LogP contribution in [-0.4, -0.2) is 64.7 Å². The second-order valence-corrected chi connectivity index (χ2v) is 7.09. The van der Waals surface area contributed by atoms with E-state index in [4.69, 9.17) is 4.74 Å². The first-order valence-corrected chi connectivity index (χ1v) is 9.54. The molecular weight excluding hydrogens is 386 g/mol. The molecule has 2 aliphatic rings. The van der Waals surface area contributed by atoms with Crippen LogP contribution in [0, 0.1) is 0 Å². The molecule has 0 aliphatic carbocycles. The molecule has 0 unspecified atom stereocenters. The number of likely N-dealkylation sites (N-methyl/N-ethyl adjacent to an activating group) is 1. The van der Waals surface area contributed by atoms with Gasteiger partial charge in [0.05, 0.1) is 25.5 Å². The Morgan fingerprint density at radius 1 is 1.13 bits per heavy atom. The number of pyridine rings is 2. The molecule has 30 heavy (non-hydrogen) atoms. The number of imide groups is 1. The summed E-state index contributed by atoms with van der Waals surface area (Å²) in [5.41, 5.74) is 2.39. The van der Waals surface area contributed by atoms with Crippen LogP contribution in [0.25, 0.3) is 11.3 Å². The number of hydrogen-bond acceptors (Lipinski definition) is 7. The molecule has 0 saturated carbocycles. The normalized spacial score (nSPS) is 16.1. The Bertz CT molecular complexity index is 1030. The van der Waals surface area contributed by atoms with E-state index in [1.165, 1.54) is 7.05 Å². The Hall–Kier alpha value is -3.75. The van der Waals surface area contributed by atoms with E-state index in [-0.39, 0.29) is 24.3 Å². The molecule has 4 heterocycles. The number of anilines is 1. The summed E-state index contributed by atoms with van der Waals surface area (Å²) < 4.78 is 5.10. The summed E-state index contributed by atoms with van der Waals surface area (Å²) in [5, 5.41) is 2.74. The minimum Gasteiger partial charge on any atom is -0.495 e.